The van der Waals surface area contributed by atoms with Gasteiger partial charge in [0, 0.05) is 18.9 Å². The predicted molar refractivity (Wildman–Crippen MR) is 35.4 cm³/mol. The molecule has 0 amide bonds. The van der Waals surface area contributed by atoms with Crippen LogP contribution in [-0.2, 0) is 4.79 Å². The van der Waals surface area contributed by atoms with Gasteiger partial charge in [0.25, 0.3) is 0 Å². The van der Waals surface area contributed by atoms with Crippen molar-refractivity contribution in [2.24, 2.45) is 11.8 Å². The zero-order chi connectivity index (χ0) is 7.56. The van der Waals surface area contributed by atoms with Gasteiger partial charge in [-0.2, -0.15) is 0 Å². The maximum atomic E-state index is 10.9. The van der Waals surface area contributed by atoms with Gasteiger partial charge in [0.05, 0.1) is 6.61 Å². The topological polar surface area (TPSA) is 57.5 Å². The van der Waals surface area contributed by atoms with E-state index in [1.807, 2.05) is 0 Å². The standard InChI is InChI=1S/C7H12O3/c8-3-5-1-2-7(10)6(5)4-9/h5-6,8-9H,1-4H2/t5-,6-/m1/s1. The first kappa shape index (κ1) is 7.69. The quantitative estimate of drug-likeness (QED) is 0.552. The van der Waals surface area contributed by atoms with Crippen molar-refractivity contribution in [1.29, 1.82) is 0 Å². The molecule has 0 aromatic rings. The van der Waals surface area contributed by atoms with Crippen LogP contribution in [0.3, 0.4) is 0 Å². The first-order valence-electron chi connectivity index (χ1n) is 3.54. The number of Topliss-reactive ketones (excluding diaryl/α,β-unsaturated/α-hetero) is 1. The molecule has 0 saturated heterocycles. The van der Waals surface area contributed by atoms with Crippen LogP contribution in [0.2, 0.25) is 0 Å². The number of rotatable bonds is 2. The van der Waals surface area contributed by atoms with Crippen LogP contribution < -0.4 is 0 Å². The lowest BCUT2D eigenvalue weighted by molar-refractivity contribution is -0.122. The first-order chi connectivity index (χ1) is 4.79. The average molecular weight is 144 g/mol. The second-order valence-electron chi connectivity index (χ2n) is 2.74. The second-order valence-corrected chi connectivity index (χ2v) is 2.74. The van der Waals surface area contributed by atoms with Crippen molar-refractivity contribution in [3.63, 3.8) is 0 Å². The van der Waals surface area contributed by atoms with E-state index < -0.39 is 0 Å². The molecule has 1 saturated carbocycles. The van der Waals surface area contributed by atoms with E-state index in [4.69, 9.17) is 10.2 Å². The summed E-state index contributed by atoms with van der Waals surface area (Å²) in [5.41, 5.74) is 0. The van der Waals surface area contributed by atoms with Gasteiger partial charge in [0.15, 0.2) is 0 Å². The molecular weight excluding hydrogens is 132 g/mol. The van der Waals surface area contributed by atoms with Gasteiger partial charge in [0.2, 0.25) is 0 Å². The molecule has 2 atom stereocenters. The highest BCUT2D eigenvalue weighted by atomic mass is 16.3. The smallest absolute Gasteiger partial charge is 0.138 e. The van der Waals surface area contributed by atoms with Crippen LogP contribution >= 0.6 is 0 Å². The summed E-state index contributed by atoms with van der Waals surface area (Å²) in [5.74, 6) is -0.177. The van der Waals surface area contributed by atoms with Crippen LogP contribution in [0, 0.1) is 11.8 Å². The third-order valence-corrected chi connectivity index (χ3v) is 2.18. The summed E-state index contributed by atoms with van der Waals surface area (Å²) in [6.45, 7) is -0.0823. The summed E-state index contributed by atoms with van der Waals surface area (Å²) in [5, 5.41) is 17.4. The summed E-state index contributed by atoms with van der Waals surface area (Å²) in [7, 11) is 0. The van der Waals surface area contributed by atoms with Crippen LogP contribution in [-0.4, -0.2) is 29.2 Å². The van der Waals surface area contributed by atoms with Crippen LogP contribution in [0.25, 0.3) is 0 Å². The zero-order valence-corrected chi connectivity index (χ0v) is 5.79. The van der Waals surface area contributed by atoms with Gasteiger partial charge < -0.3 is 10.2 Å². The number of ketones is 1. The maximum absolute atomic E-state index is 10.9. The van der Waals surface area contributed by atoms with E-state index in [0.717, 1.165) is 6.42 Å². The molecule has 0 spiro atoms. The van der Waals surface area contributed by atoms with Crippen LogP contribution in [0.4, 0.5) is 0 Å². The average Bonchev–Trinajstić information content (AvgIpc) is 2.30. The SMILES string of the molecule is O=C1CC[C@H](CO)[C@H]1CO. The van der Waals surface area contributed by atoms with Crippen molar-refractivity contribution in [3.8, 4) is 0 Å². The number of carbonyl (C=O) groups is 1. The molecule has 0 aromatic carbocycles. The summed E-state index contributed by atoms with van der Waals surface area (Å²) >= 11 is 0. The lowest BCUT2D eigenvalue weighted by Gasteiger charge is -2.11. The fourth-order valence-electron chi connectivity index (χ4n) is 1.45. The largest absolute Gasteiger partial charge is 0.396 e. The fraction of sp³-hybridized carbons (Fsp3) is 0.857. The summed E-state index contributed by atoms with van der Waals surface area (Å²) in [6.07, 6.45) is 1.26. The Morgan fingerprint density at radius 1 is 1.40 bits per heavy atom. The van der Waals surface area contributed by atoms with Gasteiger partial charge in [-0.05, 0) is 12.3 Å². The Kier molecular flexibility index (Phi) is 2.40. The fourth-order valence-corrected chi connectivity index (χ4v) is 1.45. The van der Waals surface area contributed by atoms with Crippen molar-refractivity contribution in [1.82, 2.24) is 0 Å². The molecule has 0 bridgehead atoms. The molecule has 1 fully saturated rings. The molecule has 3 heteroatoms. The Morgan fingerprint density at radius 2 is 2.10 bits per heavy atom. The number of hydrogen-bond donors (Lipinski definition) is 2. The molecule has 58 valence electrons. The zero-order valence-electron chi connectivity index (χ0n) is 5.79. The van der Waals surface area contributed by atoms with Gasteiger partial charge >= 0.3 is 0 Å². The van der Waals surface area contributed by atoms with E-state index in [1.54, 1.807) is 0 Å². The first-order valence-corrected chi connectivity index (χ1v) is 3.54. The van der Waals surface area contributed by atoms with Gasteiger partial charge in [-0.15, -0.1) is 0 Å². The van der Waals surface area contributed by atoms with Crippen LogP contribution in [0.15, 0.2) is 0 Å². The van der Waals surface area contributed by atoms with Gasteiger partial charge in [-0.1, -0.05) is 0 Å². The van der Waals surface area contributed by atoms with Crippen molar-refractivity contribution < 1.29 is 15.0 Å². The molecule has 2 N–H and O–H groups in total. The van der Waals surface area contributed by atoms with E-state index >= 15 is 0 Å². The van der Waals surface area contributed by atoms with E-state index in [-0.39, 0.29) is 30.8 Å². The monoisotopic (exact) mass is 144 g/mol. The summed E-state index contributed by atoms with van der Waals surface area (Å²) in [6, 6.07) is 0. The Bertz CT molecular complexity index is 133. The van der Waals surface area contributed by atoms with Crippen LogP contribution in [0.5, 0.6) is 0 Å². The second kappa shape index (κ2) is 3.12. The van der Waals surface area contributed by atoms with Gasteiger partial charge in [-0.25, -0.2) is 0 Å². The molecular formula is C7H12O3. The van der Waals surface area contributed by atoms with Gasteiger partial charge in [0.1, 0.15) is 5.78 Å². The summed E-state index contributed by atoms with van der Waals surface area (Å²) in [4.78, 5) is 10.9. The lowest BCUT2D eigenvalue weighted by atomic mass is 9.98. The van der Waals surface area contributed by atoms with Crippen molar-refractivity contribution in [2.45, 2.75) is 12.8 Å². The lowest BCUT2D eigenvalue weighted by Crippen LogP contribution is -2.21. The van der Waals surface area contributed by atoms with Crippen molar-refractivity contribution >= 4 is 5.78 Å². The Balaban J connectivity index is 2.54. The molecule has 0 unspecified atom stereocenters. The minimum absolute atomic E-state index is 0.0116. The minimum atomic E-state index is -0.287. The highest BCUT2D eigenvalue weighted by molar-refractivity contribution is 5.83. The Morgan fingerprint density at radius 3 is 2.50 bits per heavy atom. The van der Waals surface area contributed by atoms with E-state index in [1.165, 1.54) is 0 Å². The van der Waals surface area contributed by atoms with E-state index in [9.17, 15) is 4.79 Å². The van der Waals surface area contributed by atoms with E-state index in [0.29, 0.717) is 6.42 Å². The Hall–Kier alpha value is -0.410. The normalized spacial score (nSPS) is 33.2. The minimum Gasteiger partial charge on any atom is -0.396 e. The molecule has 0 aromatic heterocycles. The van der Waals surface area contributed by atoms with Crippen molar-refractivity contribution in [3.05, 3.63) is 0 Å². The molecule has 0 heterocycles. The molecule has 0 aliphatic heterocycles. The molecule has 1 rings (SSSR count). The highest BCUT2D eigenvalue weighted by Crippen LogP contribution is 2.27. The molecule has 1 aliphatic carbocycles. The third kappa shape index (κ3) is 1.20. The molecule has 1 aliphatic rings. The molecule has 3 nitrogen and oxygen atoms in total. The van der Waals surface area contributed by atoms with Crippen molar-refractivity contribution in [2.75, 3.05) is 13.2 Å². The number of hydrogen-bond acceptors (Lipinski definition) is 3. The maximum Gasteiger partial charge on any atom is 0.138 e. The molecule has 0 radical (unpaired) electrons. The van der Waals surface area contributed by atoms with E-state index in [2.05, 4.69) is 0 Å². The Labute approximate surface area is 59.7 Å². The molecule has 10 heavy (non-hydrogen) atoms. The predicted octanol–water partition coefficient (Wildman–Crippen LogP) is -0.434. The number of aliphatic hydroxyl groups is 2. The third-order valence-electron chi connectivity index (χ3n) is 2.18. The van der Waals surface area contributed by atoms with Gasteiger partial charge in [-0.3, -0.25) is 4.79 Å². The highest BCUT2D eigenvalue weighted by Gasteiger charge is 2.33. The van der Waals surface area contributed by atoms with Crippen LogP contribution in [0.1, 0.15) is 12.8 Å². The summed E-state index contributed by atoms with van der Waals surface area (Å²) < 4.78 is 0. The number of carbonyl (C=O) groups excluding carboxylic acids is 1. The number of aliphatic hydroxyl groups excluding tert-OH is 2.